The van der Waals surface area contributed by atoms with Crippen molar-refractivity contribution >= 4 is 21.9 Å². The zero-order valence-electron chi connectivity index (χ0n) is 10.3. The maximum Gasteiger partial charge on any atom is 0.206 e. The second-order valence-electron chi connectivity index (χ2n) is 4.56. The van der Waals surface area contributed by atoms with Gasteiger partial charge in [-0.3, -0.25) is 5.43 Å². The molecule has 0 amide bonds. The Kier molecular flexibility index (Phi) is 5.01. The lowest BCUT2D eigenvalue weighted by Gasteiger charge is -2.14. The first-order valence-electron chi connectivity index (χ1n) is 6.30. The number of nitrogens with one attached hydrogen (secondary N) is 2. The largest absolute Gasteiger partial charge is 0.353 e. The van der Waals surface area contributed by atoms with Crippen molar-refractivity contribution < 1.29 is 0 Å². The fourth-order valence-corrected chi connectivity index (χ4v) is 2.42. The Hall–Kier alpha value is -1.07. The van der Waals surface area contributed by atoms with E-state index in [9.17, 15) is 0 Å². The van der Waals surface area contributed by atoms with Crippen LogP contribution in [-0.4, -0.2) is 12.0 Å². The van der Waals surface area contributed by atoms with E-state index in [2.05, 4.69) is 43.8 Å². The highest BCUT2D eigenvalue weighted by Gasteiger charge is 2.15. The number of halogens is 1. The summed E-state index contributed by atoms with van der Waals surface area (Å²) in [6.45, 7) is 0.631. The molecule has 98 valence electrons. The van der Waals surface area contributed by atoms with Crippen molar-refractivity contribution in [1.29, 1.82) is 0 Å². The molecular weight excluding hydrogens is 292 g/mol. The first kappa shape index (κ1) is 13.4. The number of hydrogen-bond donors (Lipinski definition) is 3. The average Bonchev–Trinajstić information content (AvgIpc) is 2.89. The number of benzene rings is 1. The van der Waals surface area contributed by atoms with E-state index in [0.717, 1.165) is 4.47 Å². The van der Waals surface area contributed by atoms with Crippen molar-refractivity contribution in [2.24, 2.45) is 10.8 Å². The van der Waals surface area contributed by atoms with Gasteiger partial charge in [0.1, 0.15) is 0 Å². The number of guanidine groups is 1. The van der Waals surface area contributed by atoms with Gasteiger partial charge in [0.2, 0.25) is 5.96 Å². The summed E-state index contributed by atoms with van der Waals surface area (Å²) >= 11 is 3.42. The topological polar surface area (TPSA) is 62.4 Å². The maximum absolute atomic E-state index is 5.49. The van der Waals surface area contributed by atoms with Crippen LogP contribution in [-0.2, 0) is 6.54 Å². The molecule has 1 aromatic rings. The van der Waals surface area contributed by atoms with Gasteiger partial charge in [-0.15, -0.1) is 0 Å². The number of rotatable bonds is 3. The number of hydrazine groups is 1. The molecule has 0 heterocycles. The zero-order valence-corrected chi connectivity index (χ0v) is 11.9. The van der Waals surface area contributed by atoms with E-state index in [1.807, 2.05) is 12.1 Å². The van der Waals surface area contributed by atoms with Crippen LogP contribution in [0.25, 0.3) is 0 Å². The third-order valence-corrected chi connectivity index (χ3v) is 3.69. The van der Waals surface area contributed by atoms with Gasteiger partial charge < -0.3 is 5.32 Å². The monoisotopic (exact) mass is 310 g/mol. The Morgan fingerprint density at radius 3 is 2.56 bits per heavy atom. The van der Waals surface area contributed by atoms with E-state index in [1.165, 1.54) is 31.2 Å². The summed E-state index contributed by atoms with van der Waals surface area (Å²) in [7, 11) is 0. The van der Waals surface area contributed by atoms with Crippen LogP contribution in [0.2, 0.25) is 0 Å². The summed E-state index contributed by atoms with van der Waals surface area (Å²) in [4.78, 5) is 4.46. The van der Waals surface area contributed by atoms with E-state index in [1.54, 1.807) is 0 Å². The molecule has 0 aliphatic heterocycles. The molecule has 1 fully saturated rings. The molecule has 4 nitrogen and oxygen atoms in total. The molecule has 4 N–H and O–H groups in total. The molecule has 0 bridgehead atoms. The first-order valence-corrected chi connectivity index (χ1v) is 7.09. The van der Waals surface area contributed by atoms with Gasteiger partial charge in [0.25, 0.3) is 0 Å². The Labute approximate surface area is 116 Å². The van der Waals surface area contributed by atoms with Crippen molar-refractivity contribution in [3.05, 3.63) is 34.3 Å². The molecule has 5 heteroatoms. The van der Waals surface area contributed by atoms with Gasteiger partial charge in [0.05, 0.1) is 6.54 Å². The molecule has 0 aromatic heterocycles. The quantitative estimate of drug-likeness (QED) is 0.347. The molecule has 18 heavy (non-hydrogen) atoms. The van der Waals surface area contributed by atoms with Gasteiger partial charge in [-0.25, -0.2) is 10.8 Å². The Morgan fingerprint density at radius 1 is 1.28 bits per heavy atom. The lowest BCUT2D eigenvalue weighted by atomic mass is 10.2. The third-order valence-electron chi connectivity index (χ3n) is 3.17. The summed E-state index contributed by atoms with van der Waals surface area (Å²) in [5.74, 6) is 6.17. The third kappa shape index (κ3) is 3.99. The standard InChI is InChI=1S/C13H19BrN4/c14-11-7-5-10(6-8-11)9-16-13(18-15)17-12-3-1-2-4-12/h5-8,12H,1-4,9,15H2,(H2,16,17,18). The second-order valence-corrected chi connectivity index (χ2v) is 5.48. The smallest absolute Gasteiger partial charge is 0.206 e. The fourth-order valence-electron chi connectivity index (χ4n) is 2.16. The van der Waals surface area contributed by atoms with Gasteiger partial charge >= 0.3 is 0 Å². The summed E-state index contributed by atoms with van der Waals surface area (Å²) in [6.07, 6.45) is 5.00. The SMILES string of the molecule is NNC(=NCc1ccc(Br)cc1)NC1CCCC1. The highest BCUT2D eigenvalue weighted by molar-refractivity contribution is 9.10. The minimum atomic E-state index is 0.518. The zero-order chi connectivity index (χ0) is 12.8. The van der Waals surface area contributed by atoms with E-state index in [-0.39, 0.29) is 0 Å². The molecule has 1 aliphatic rings. The van der Waals surface area contributed by atoms with Gasteiger partial charge in [-0.05, 0) is 30.5 Å². The van der Waals surface area contributed by atoms with Crippen LogP contribution in [0, 0.1) is 0 Å². The Balaban J connectivity index is 1.90. The highest BCUT2D eigenvalue weighted by Crippen LogP contribution is 2.17. The predicted molar refractivity (Wildman–Crippen MR) is 78.0 cm³/mol. The fraction of sp³-hybridized carbons (Fsp3) is 0.462. The predicted octanol–water partition coefficient (Wildman–Crippen LogP) is 2.30. The minimum absolute atomic E-state index is 0.518. The lowest BCUT2D eigenvalue weighted by molar-refractivity contribution is 0.614. The van der Waals surface area contributed by atoms with Crippen LogP contribution < -0.4 is 16.6 Å². The van der Waals surface area contributed by atoms with Gasteiger partial charge in [-0.1, -0.05) is 40.9 Å². The van der Waals surface area contributed by atoms with Crippen molar-refractivity contribution in [2.75, 3.05) is 0 Å². The summed E-state index contributed by atoms with van der Waals surface area (Å²) in [6, 6.07) is 8.66. The van der Waals surface area contributed by atoms with E-state index >= 15 is 0 Å². The molecule has 0 saturated heterocycles. The van der Waals surface area contributed by atoms with Crippen LogP contribution in [0.5, 0.6) is 0 Å². The first-order chi connectivity index (χ1) is 8.78. The normalized spacial score (nSPS) is 16.9. The number of nitrogens with zero attached hydrogens (tertiary/aromatic N) is 1. The minimum Gasteiger partial charge on any atom is -0.353 e. The van der Waals surface area contributed by atoms with Crippen molar-refractivity contribution in [1.82, 2.24) is 10.7 Å². The number of nitrogens with two attached hydrogens (primary N) is 1. The van der Waals surface area contributed by atoms with Crippen molar-refractivity contribution in [3.63, 3.8) is 0 Å². The molecule has 1 saturated carbocycles. The summed E-state index contributed by atoms with van der Waals surface area (Å²) < 4.78 is 1.08. The van der Waals surface area contributed by atoms with E-state index in [4.69, 9.17) is 5.84 Å². The molecule has 1 aliphatic carbocycles. The maximum atomic E-state index is 5.49. The van der Waals surface area contributed by atoms with Crippen LogP contribution in [0.3, 0.4) is 0 Å². The Bertz CT molecular complexity index is 396. The summed E-state index contributed by atoms with van der Waals surface area (Å²) in [5.41, 5.74) is 3.81. The molecule has 1 aromatic carbocycles. The molecular formula is C13H19BrN4. The van der Waals surface area contributed by atoms with E-state index in [0.29, 0.717) is 18.5 Å². The number of hydrogen-bond acceptors (Lipinski definition) is 2. The second kappa shape index (κ2) is 6.75. The summed E-state index contributed by atoms with van der Waals surface area (Å²) in [5, 5.41) is 3.35. The molecule has 0 unspecified atom stereocenters. The van der Waals surface area contributed by atoms with Crippen LogP contribution >= 0.6 is 15.9 Å². The van der Waals surface area contributed by atoms with Gasteiger partial charge in [-0.2, -0.15) is 0 Å². The van der Waals surface area contributed by atoms with Gasteiger partial charge in [0.15, 0.2) is 0 Å². The van der Waals surface area contributed by atoms with Crippen LogP contribution in [0.1, 0.15) is 31.2 Å². The molecule has 2 rings (SSSR count). The van der Waals surface area contributed by atoms with Crippen LogP contribution in [0.4, 0.5) is 0 Å². The van der Waals surface area contributed by atoms with Crippen LogP contribution in [0.15, 0.2) is 33.7 Å². The molecule has 0 atom stereocenters. The lowest BCUT2D eigenvalue weighted by Crippen LogP contribution is -2.45. The molecule has 0 spiro atoms. The van der Waals surface area contributed by atoms with Crippen molar-refractivity contribution in [2.45, 2.75) is 38.3 Å². The highest BCUT2D eigenvalue weighted by atomic mass is 79.9. The molecule has 0 radical (unpaired) electrons. The van der Waals surface area contributed by atoms with Gasteiger partial charge in [0, 0.05) is 10.5 Å². The van der Waals surface area contributed by atoms with Crippen molar-refractivity contribution in [3.8, 4) is 0 Å². The Morgan fingerprint density at radius 2 is 1.94 bits per heavy atom. The average molecular weight is 311 g/mol. The van der Waals surface area contributed by atoms with E-state index < -0.39 is 0 Å². The number of aliphatic imine (C=N–C) groups is 1.